The van der Waals surface area contributed by atoms with Gasteiger partial charge in [-0.2, -0.15) is 9.97 Å². The highest BCUT2D eigenvalue weighted by atomic mass is 16.5. The largest absolute Gasteiger partial charge is 0.497 e. The third-order valence-corrected chi connectivity index (χ3v) is 10.3. The lowest BCUT2D eigenvalue weighted by Crippen LogP contribution is -2.42. The number of aromatic nitrogens is 5. The number of carbonyl (C=O) groups excluding carboxylic acids is 2. The first kappa shape index (κ1) is 36.6. The van der Waals surface area contributed by atoms with Gasteiger partial charge in [-0.1, -0.05) is 31.2 Å². The molecular weight excluding hydrogens is 690 g/mol. The molecule has 1 aliphatic carbocycles. The van der Waals surface area contributed by atoms with Crippen LogP contribution < -0.4 is 30.3 Å². The number of amides is 2. The Kier molecular flexibility index (Phi) is 10.9. The summed E-state index contributed by atoms with van der Waals surface area (Å²) >= 11 is 0. The molecule has 7 rings (SSSR count). The average molecular weight is 736 g/mol. The van der Waals surface area contributed by atoms with Gasteiger partial charge in [-0.3, -0.25) is 14.6 Å². The molecule has 3 aromatic heterocycles. The van der Waals surface area contributed by atoms with Crippen molar-refractivity contribution in [3.05, 3.63) is 96.1 Å². The second kappa shape index (κ2) is 16.1. The molecule has 2 aliphatic rings. The van der Waals surface area contributed by atoms with Gasteiger partial charge in [-0.05, 0) is 60.4 Å². The van der Waals surface area contributed by atoms with Crippen LogP contribution in [0, 0.1) is 0 Å². The van der Waals surface area contributed by atoms with Crippen molar-refractivity contribution in [3.8, 4) is 11.5 Å². The molecule has 2 aromatic carbocycles. The highest BCUT2D eigenvalue weighted by Crippen LogP contribution is 2.36. The van der Waals surface area contributed by atoms with Gasteiger partial charge < -0.3 is 45.1 Å². The number of rotatable bonds is 13. The number of methoxy groups -OCH3 is 2. The Morgan fingerprint density at radius 1 is 0.907 bits per heavy atom. The van der Waals surface area contributed by atoms with Gasteiger partial charge in [-0.25, -0.2) is 4.98 Å². The Bertz CT molecular complexity index is 2010. The highest BCUT2D eigenvalue weighted by Gasteiger charge is 2.44. The predicted octanol–water partition coefficient (Wildman–Crippen LogP) is 3.05. The lowest BCUT2D eigenvalue weighted by Gasteiger charge is -2.22. The van der Waals surface area contributed by atoms with Gasteiger partial charge >= 0.3 is 0 Å². The van der Waals surface area contributed by atoms with Crippen molar-refractivity contribution in [2.75, 3.05) is 44.1 Å². The first-order chi connectivity index (χ1) is 26.3. The van der Waals surface area contributed by atoms with E-state index < -0.39 is 24.3 Å². The summed E-state index contributed by atoms with van der Waals surface area (Å²) in [6.07, 6.45) is 3.67. The van der Waals surface area contributed by atoms with E-state index in [1.807, 2.05) is 53.4 Å². The molecule has 1 aliphatic heterocycles. The summed E-state index contributed by atoms with van der Waals surface area (Å²) in [6.45, 7) is 3.25. The third kappa shape index (κ3) is 7.63. The SMILES string of the molecule is CCC(=O)N[C@H]1C[C@@H](n2cnc3c(NCC(c4ccc(OC)cc4)c4ccc(OC)cc4)nc(N4CCC(NC(=O)c5ccncc5)C4)nc32)[C@H](O)[C@@H]1O. The Morgan fingerprint density at radius 2 is 1.57 bits per heavy atom. The fraction of sp³-hybridized carbons (Fsp3) is 0.385. The number of benzene rings is 2. The van der Waals surface area contributed by atoms with Crippen molar-refractivity contribution in [2.45, 2.75) is 62.4 Å². The molecule has 54 heavy (non-hydrogen) atoms. The lowest BCUT2D eigenvalue weighted by molar-refractivity contribution is -0.122. The molecular formula is C39H45N9O6. The van der Waals surface area contributed by atoms with Gasteiger partial charge in [0.1, 0.15) is 23.7 Å². The molecule has 15 heteroatoms. The summed E-state index contributed by atoms with van der Waals surface area (Å²) in [5.41, 5.74) is 3.60. The molecule has 5 aromatic rings. The number of nitrogens with one attached hydrogen (secondary N) is 3. The number of hydrogen-bond donors (Lipinski definition) is 5. The molecule has 1 saturated carbocycles. The van der Waals surface area contributed by atoms with Crippen LogP contribution in [0.4, 0.5) is 11.8 Å². The predicted molar refractivity (Wildman–Crippen MR) is 202 cm³/mol. The molecule has 5 atom stereocenters. The van der Waals surface area contributed by atoms with Gasteiger partial charge in [0.2, 0.25) is 11.9 Å². The third-order valence-electron chi connectivity index (χ3n) is 10.3. The van der Waals surface area contributed by atoms with E-state index in [2.05, 4.69) is 20.9 Å². The van der Waals surface area contributed by atoms with Crippen molar-refractivity contribution in [1.29, 1.82) is 0 Å². The zero-order valence-electron chi connectivity index (χ0n) is 30.4. The monoisotopic (exact) mass is 735 g/mol. The van der Waals surface area contributed by atoms with Crippen molar-refractivity contribution >= 4 is 34.7 Å². The Balaban J connectivity index is 1.22. The first-order valence-electron chi connectivity index (χ1n) is 18.1. The second-order valence-electron chi connectivity index (χ2n) is 13.6. The van der Waals surface area contributed by atoms with Crippen molar-refractivity contribution in [2.24, 2.45) is 0 Å². The van der Waals surface area contributed by atoms with E-state index in [0.717, 1.165) is 22.6 Å². The molecule has 1 saturated heterocycles. The summed E-state index contributed by atoms with van der Waals surface area (Å²) in [5, 5.41) is 31.7. The van der Waals surface area contributed by atoms with Crippen LogP contribution >= 0.6 is 0 Å². The summed E-state index contributed by atoms with van der Waals surface area (Å²) in [4.78, 5) is 45.9. The number of hydrogen-bond acceptors (Lipinski definition) is 12. The van der Waals surface area contributed by atoms with Crippen LogP contribution in [0.3, 0.4) is 0 Å². The first-order valence-corrected chi connectivity index (χ1v) is 18.1. The summed E-state index contributed by atoms with van der Waals surface area (Å²) in [7, 11) is 3.28. The van der Waals surface area contributed by atoms with E-state index in [-0.39, 0.29) is 36.6 Å². The minimum atomic E-state index is -1.17. The number of aliphatic hydroxyl groups excluding tert-OH is 2. The van der Waals surface area contributed by atoms with Crippen LogP contribution in [0.5, 0.6) is 11.5 Å². The van der Waals surface area contributed by atoms with Crippen molar-refractivity contribution in [1.82, 2.24) is 35.1 Å². The molecule has 4 heterocycles. The van der Waals surface area contributed by atoms with Gasteiger partial charge in [0, 0.05) is 56.0 Å². The zero-order valence-corrected chi connectivity index (χ0v) is 30.4. The summed E-state index contributed by atoms with van der Waals surface area (Å²) in [5.74, 6) is 1.94. The normalized spacial score (nSPS) is 21.0. The van der Waals surface area contributed by atoms with E-state index in [9.17, 15) is 19.8 Å². The van der Waals surface area contributed by atoms with E-state index in [1.165, 1.54) is 0 Å². The van der Waals surface area contributed by atoms with E-state index in [4.69, 9.17) is 24.4 Å². The average Bonchev–Trinajstić information content (AvgIpc) is 3.93. The molecule has 15 nitrogen and oxygen atoms in total. The van der Waals surface area contributed by atoms with Crippen LogP contribution in [0.2, 0.25) is 0 Å². The fourth-order valence-electron chi connectivity index (χ4n) is 7.28. The second-order valence-corrected chi connectivity index (χ2v) is 13.6. The molecule has 2 fully saturated rings. The Labute approximate surface area is 312 Å². The standard InChI is InChI=1S/C39H45N9O6/c1-4-32(49)44-30-19-31(35(51)34(30)50)48-22-42-33-36(41-20-29(23-5-9-27(53-2)10-6-23)24-7-11-28(54-3)12-8-24)45-39(46-37(33)48)47-18-15-26(21-47)43-38(52)25-13-16-40-17-14-25/h5-14,16-17,22,26,29-31,34-35,50-51H,4,15,18-21H2,1-3H3,(H,43,52)(H,44,49)(H,41,45,46)/t26?,30-,31+,34+,35-/m0/s1. The van der Waals surface area contributed by atoms with Crippen LogP contribution in [0.25, 0.3) is 11.2 Å². The highest BCUT2D eigenvalue weighted by molar-refractivity contribution is 5.94. The van der Waals surface area contributed by atoms with Crippen LogP contribution in [-0.2, 0) is 4.79 Å². The Morgan fingerprint density at radius 3 is 2.20 bits per heavy atom. The minimum absolute atomic E-state index is 0.105. The Hall–Kier alpha value is -5.80. The van der Waals surface area contributed by atoms with E-state index in [1.54, 1.807) is 56.6 Å². The number of ether oxygens (including phenoxy) is 2. The number of anilines is 2. The quantitative estimate of drug-likeness (QED) is 0.119. The molecule has 2 amide bonds. The summed E-state index contributed by atoms with van der Waals surface area (Å²) < 4.78 is 12.6. The summed E-state index contributed by atoms with van der Waals surface area (Å²) in [6, 6.07) is 17.9. The molecule has 282 valence electrons. The van der Waals surface area contributed by atoms with Gasteiger partial charge in [-0.15, -0.1) is 0 Å². The topological polar surface area (TPSA) is 189 Å². The van der Waals surface area contributed by atoms with Crippen molar-refractivity contribution < 1.29 is 29.3 Å². The molecule has 1 unspecified atom stereocenters. The lowest BCUT2D eigenvalue weighted by atomic mass is 9.91. The number of nitrogens with zero attached hydrogens (tertiary/aromatic N) is 6. The zero-order chi connectivity index (χ0) is 37.8. The van der Waals surface area contributed by atoms with Gasteiger partial charge in [0.05, 0.1) is 32.6 Å². The number of imidazole rings is 1. The maximum Gasteiger partial charge on any atom is 0.251 e. The molecule has 0 bridgehead atoms. The van der Waals surface area contributed by atoms with Crippen LogP contribution in [0.15, 0.2) is 79.4 Å². The number of pyridine rings is 1. The van der Waals surface area contributed by atoms with Gasteiger partial charge in [0.15, 0.2) is 17.0 Å². The van der Waals surface area contributed by atoms with E-state index >= 15 is 0 Å². The minimum Gasteiger partial charge on any atom is -0.497 e. The number of aliphatic hydroxyl groups is 2. The number of carbonyl (C=O) groups is 2. The van der Waals surface area contributed by atoms with Gasteiger partial charge in [0.25, 0.3) is 5.91 Å². The van der Waals surface area contributed by atoms with Crippen LogP contribution in [0.1, 0.15) is 59.6 Å². The maximum atomic E-state index is 13.0. The number of fused-ring (bicyclic) bond motifs is 1. The van der Waals surface area contributed by atoms with Crippen LogP contribution in [-0.4, -0.2) is 105 Å². The van der Waals surface area contributed by atoms with E-state index in [0.29, 0.717) is 54.5 Å². The molecule has 0 spiro atoms. The smallest absolute Gasteiger partial charge is 0.251 e. The molecule has 5 N–H and O–H groups in total. The fourth-order valence-corrected chi connectivity index (χ4v) is 7.28. The molecule has 0 radical (unpaired) electrons. The maximum absolute atomic E-state index is 13.0. The van der Waals surface area contributed by atoms with Crippen molar-refractivity contribution in [3.63, 3.8) is 0 Å².